The molecule has 0 aliphatic carbocycles. The third-order valence-electron chi connectivity index (χ3n) is 5.89. The third-order valence-corrected chi connectivity index (χ3v) is 5.89. The first-order chi connectivity index (χ1) is 16.4. The summed E-state index contributed by atoms with van der Waals surface area (Å²) in [7, 11) is 0. The van der Waals surface area contributed by atoms with Crippen molar-refractivity contribution in [2.45, 2.75) is 125 Å². The van der Waals surface area contributed by atoms with E-state index in [1.165, 1.54) is 0 Å². The number of amides is 3. The fourth-order valence-electron chi connectivity index (χ4n) is 3.93. The number of carbonyl (C=O) groups excluding carboxylic acids is 3. The molecule has 7 heteroatoms. The molecule has 0 aliphatic heterocycles. The molecule has 7 nitrogen and oxygen atoms in total. The van der Waals surface area contributed by atoms with Crippen molar-refractivity contribution >= 4 is 17.9 Å². The lowest BCUT2D eigenvalue weighted by Gasteiger charge is -2.39. The van der Waals surface area contributed by atoms with Crippen molar-refractivity contribution in [3.63, 3.8) is 0 Å². The molecule has 204 valence electrons. The molecule has 0 spiro atoms. The Morgan fingerprint density at radius 3 is 2.00 bits per heavy atom. The maximum Gasteiger partial charge on any atom is 0.408 e. The fraction of sp³-hybridized carbons (Fsp3) is 0.690. The molecule has 2 N–H and O–H groups in total. The van der Waals surface area contributed by atoms with Crippen LogP contribution in [-0.2, 0) is 14.3 Å². The molecule has 0 bridgehead atoms. The smallest absolute Gasteiger partial charge is 0.408 e. The third kappa shape index (κ3) is 9.82. The number of carbonyl (C=O) groups is 3. The topological polar surface area (TPSA) is 87.7 Å². The zero-order chi connectivity index (χ0) is 28.0. The van der Waals surface area contributed by atoms with Gasteiger partial charge in [-0.1, -0.05) is 39.0 Å². The van der Waals surface area contributed by atoms with Crippen molar-refractivity contribution < 1.29 is 19.1 Å². The van der Waals surface area contributed by atoms with Gasteiger partial charge < -0.3 is 20.3 Å². The summed E-state index contributed by atoms with van der Waals surface area (Å²) >= 11 is 0. The van der Waals surface area contributed by atoms with Crippen LogP contribution in [0, 0.1) is 19.8 Å². The van der Waals surface area contributed by atoms with Crippen molar-refractivity contribution in [3.05, 3.63) is 34.9 Å². The van der Waals surface area contributed by atoms with Gasteiger partial charge in [0.05, 0.1) is 0 Å². The van der Waals surface area contributed by atoms with E-state index in [0.29, 0.717) is 12.8 Å². The minimum Gasteiger partial charge on any atom is -0.444 e. The van der Waals surface area contributed by atoms with Crippen LogP contribution in [0.5, 0.6) is 0 Å². The Balaban J connectivity index is 3.62. The molecule has 0 radical (unpaired) electrons. The summed E-state index contributed by atoms with van der Waals surface area (Å²) in [5.41, 5.74) is 1.72. The van der Waals surface area contributed by atoms with Crippen LogP contribution in [0.25, 0.3) is 0 Å². The summed E-state index contributed by atoms with van der Waals surface area (Å²) in [5.74, 6) is -0.410. The number of ether oxygens (including phenoxy) is 1. The number of hydrogen-bond acceptors (Lipinski definition) is 4. The summed E-state index contributed by atoms with van der Waals surface area (Å²) in [5, 5.41) is 5.87. The zero-order valence-corrected chi connectivity index (χ0v) is 24.5. The maximum atomic E-state index is 14.2. The second-order valence-corrected chi connectivity index (χ2v) is 12.3. The first-order valence-electron chi connectivity index (χ1n) is 13.1. The summed E-state index contributed by atoms with van der Waals surface area (Å²) in [6.45, 7) is 23.0. The SMILES string of the molecule is CCC(C)N(C(=O)C(CC(C)C)NC(=O)OC(C)(C)C)C(C(=O)NC(C)(C)C)c1ccc(C)c(C)c1. The summed E-state index contributed by atoms with van der Waals surface area (Å²) in [4.78, 5) is 42.3. The predicted molar refractivity (Wildman–Crippen MR) is 146 cm³/mol. The zero-order valence-electron chi connectivity index (χ0n) is 24.5. The van der Waals surface area contributed by atoms with Crippen LogP contribution in [0.15, 0.2) is 18.2 Å². The Morgan fingerprint density at radius 1 is 0.972 bits per heavy atom. The van der Waals surface area contributed by atoms with Gasteiger partial charge in [0.2, 0.25) is 11.8 Å². The van der Waals surface area contributed by atoms with Crippen LogP contribution in [0.1, 0.15) is 105 Å². The molecule has 0 saturated carbocycles. The predicted octanol–water partition coefficient (Wildman–Crippen LogP) is 5.83. The van der Waals surface area contributed by atoms with Gasteiger partial charge in [0, 0.05) is 11.6 Å². The Hall–Kier alpha value is -2.57. The lowest BCUT2D eigenvalue weighted by molar-refractivity contribution is -0.146. The standard InChI is InChI=1S/C29H49N3O4/c1-13-21(6)32(26(34)23(16-18(2)3)30-27(35)36-29(10,11)12)24(25(33)31-28(7,8)9)22-15-14-19(4)20(5)17-22/h14-15,17-18,21,23-24H,13,16H2,1-12H3,(H,30,35)(H,31,33). The highest BCUT2D eigenvalue weighted by Gasteiger charge is 2.39. The highest BCUT2D eigenvalue weighted by atomic mass is 16.6. The number of benzene rings is 1. The Bertz CT molecular complexity index is 912. The average molecular weight is 504 g/mol. The molecule has 1 aromatic rings. The van der Waals surface area contributed by atoms with E-state index in [9.17, 15) is 14.4 Å². The Morgan fingerprint density at radius 2 is 1.56 bits per heavy atom. The number of hydrogen-bond donors (Lipinski definition) is 2. The number of nitrogens with one attached hydrogen (secondary N) is 2. The van der Waals surface area contributed by atoms with Gasteiger partial charge in [-0.15, -0.1) is 0 Å². The molecule has 3 unspecified atom stereocenters. The van der Waals surface area contributed by atoms with Crippen LogP contribution >= 0.6 is 0 Å². The molecule has 0 heterocycles. The molecule has 0 aromatic heterocycles. The van der Waals surface area contributed by atoms with E-state index in [-0.39, 0.29) is 23.8 Å². The Labute approximate surface area is 218 Å². The van der Waals surface area contributed by atoms with E-state index < -0.39 is 29.3 Å². The van der Waals surface area contributed by atoms with Crippen molar-refractivity contribution in [2.75, 3.05) is 0 Å². The molecular formula is C29H49N3O4. The van der Waals surface area contributed by atoms with E-state index in [2.05, 4.69) is 10.6 Å². The van der Waals surface area contributed by atoms with Gasteiger partial charge in [0.15, 0.2) is 0 Å². The molecular weight excluding hydrogens is 454 g/mol. The fourth-order valence-corrected chi connectivity index (χ4v) is 3.93. The second kappa shape index (κ2) is 12.6. The first kappa shape index (κ1) is 31.5. The van der Waals surface area contributed by atoms with E-state index in [1.54, 1.807) is 25.7 Å². The van der Waals surface area contributed by atoms with Crippen molar-refractivity contribution in [1.82, 2.24) is 15.5 Å². The highest BCUT2D eigenvalue weighted by molar-refractivity contribution is 5.92. The molecule has 1 rings (SSSR count). The number of rotatable bonds is 9. The van der Waals surface area contributed by atoms with Gasteiger partial charge in [0.25, 0.3) is 0 Å². The van der Waals surface area contributed by atoms with Gasteiger partial charge >= 0.3 is 6.09 Å². The minimum atomic E-state index is -0.846. The first-order valence-corrected chi connectivity index (χ1v) is 13.1. The van der Waals surface area contributed by atoms with Crippen LogP contribution in [-0.4, -0.2) is 46.0 Å². The van der Waals surface area contributed by atoms with Gasteiger partial charge in [-0.25, -0.2) is 4.79 Å². The molecule has 36 heavy (non-hydrogen) atoms. The average Bonchev–Trinajstić information content (AvgIpc) is 2.69. The van der Waals surface area contributed by atoms with Crippen LogP contribution < -0.4 is 10.6 Å². The number of alkyl carbamates (subject to hydrolysis) is 1. The second-order valence-electron chi connectivity index (χ2n) is 12.3. The molecule has 0 saturated heterocycles. The monoisotopic (exact) mass is 503 g/mol. The van der Waals surface area contributed by atoms with Crippen molar-refractivity contribution in [2.24, 2.45) is 5.92 Å². The molecule has 3 atom stereocenters. The lowest BCUT2D eigenvalue weighted by atomic mass is 9.94. The van der Waals surface area contributed by atoms with E-state index in [0.717, 1.165) is 16.7 Å². The maximum absolute atomic E-state index is 14.2. The van der Waals surface area contributed by atoms with Crippen molar-refractivity contribution in [1.29, 1.82) is 0 Å². The summed E-state index contributed by atoms with van der Waals surface area (Å²) < 4.78 is 5.45. The molecule has 3 amide bonds. The normalized spacial score (nSPS) is 14.6. The minimum absolute atomic E-state index is 0.135. The molecule has 0 aliphatic rings. The summed E-state index contributed by atoms with van der Waals surface area (Å²) in [6, 6.07) is 3.95. The highest BCUT2D eigenvalue weighted by Crippen LogP contribution is 2.29. The van der Waals surface area contributed by atoms with Crippen molar-refractivity contribution in [3.8, 4) is 0 Å². The lowest BCUT2D eigenvalue weighted by Crippen LogP contribution is -2.57. The number of aryl methyl sites for hydroxylation is 2. The van der Waals surface area contributed by atoms with Gasteiger partial charge in [0.1, 0.15) is 17.7 Å². The quantitative estimate of drug-likeness (QED) is 0.444. The van der Waals surface area contributed by atoms with E-state index >= 15 is 0 Å². The number of nitrogens with zero attached hydrogens (tertiary/aromatic N) is 1. The van der Waals surface area contributed by atoms with Crippen LogP contribution in [0.4, 0.5) is 4.79 Å². The van der Waals surface area contributed by atoms with Gasteiger partial charge in [-0.3, -0.25) is 9.59 Å². The van der Waals surface area contributed by atoms with Crippen LogP contribution in [0.3, 0.4) is 0 Å². The van der Waals surface area contributed by atoms with Crippen LogP contribution in [0.2, 0.25) is 0 Å². The molecule has 0 fully saturated rings. The molecule has 1 aromatic carbocycles. The van der Waals surface area contributed by atoms with Gasteiger partial charge in [-0.2, -0.15) is 0 Å². The largest absolute Gasteiger partial charge is 0.444 e. The Kier molecular flexibility index (Phi) is 11.0. The summed E-state index contributed by atoms with van der Waals surface area (Å²) in [6.07, 6.45) is 0.426. The van der Waals surface area contributed by atoms with E-state index in [4.69, 9.17) is 4.74 Å². The van der Waals surface area contributed by atoms with E-state index in [1.807, 2.05) is 80.5 Å². The van der Waals surface area contributed by atoms with Gasteiger partial charge in [-0.05, 0) is 97.8 Å².